The molecule has 0 aliphatic carbocycles. The van der Waals surface area contributed by atoms with Gasteiger partial charge in [0.2, 0.25) is 0 Å². The maximum atomic E-state index is 5.89. The summed E-state index contributed by atoms with van der Waals surface area (Å²) in [6, 6.07) is 12.0. The summed E-state index contributed by atoms with van der Waals surface area (Å²) in [4.78, 5) is 0.420. The molecule has 0 heterocycles. The van der Waals surface area contributed by atoms with Crippen molar-refractivity contribution in [2.75, 3.05) is 0 Å². The van der Waals surface area contributed by atoms with E-state index in [9.17, 15) is 0 Å². The van der Waals surface area contributed by atoms with Gasteiger partial charge in [-0.3, -0.25) is 0 Å². The van der Waals surface area contributed by atoms with Crippen LogP contribution in [0.3, 0.4) is 0 Å². The monoisotopic (exact) mass is 349 g/mol. The molecule has 20 heavy (non-hydrogen) atoms. The van der Waals surface area contributed by atoms with Crippen LogP contribution in [0.15, 0.2) is 40.9 Å². The Morgan fingerprint density at radius 1 is 1.15 bits per heavy atom. The van der Waals surface area contributed by atoms with Gasteiger partial charge in [0.1, 0.15) is 17.3 Å². The fraction of sp³-hybridized carbons (Fsp3) is 0.188. The second-order valence-corrected chi connectivity index (χ2v) is 6.06. The molecule has 0 bridgehead atoms. The van der Waals surface area contributed by atoms with Crippen molar-refractivity contribution in [1.82, 2.24) is 0 Å². The molecule has 104 valence electrons. The number of thiocarbonyl (C=S) groups is 1. The zero-order valence-corrected chi connectivity index (χ0v) is 13.8. The molecule has 0 aromatic heterocycles. The second-order valence-electron chi connectivity index (χ2n) is 4.70. The molecule has 0 spiro atoms. The van der Waals surface area contributed by atoms with Gasteiger partial charge in [0.05, 0.1) is 0 Å². The maximum absolute atomic E-state index is 5.89. The molecule has 2 aromatic rings. The number of nitrogens with two attached hydrogens (primary N) is 1. The van der Waals surface area contributed by atoms with Crippen molar-refractivity contribution in [3.63, 3.8) is 0 Å². The van der Waals surface area contributed by atoms with Crippen LogP contribution in [0.4, 0.5) is 0 Å². The number of aryl methyl sites for hydroxylation is 2. The van der Waals surface area contributed by atoms with Crippen LogP contribution >= 0.6 is 28.1 Å². The predicted octanol–water partition coefficient (Wildman–Crippen LogP) is 4.28. The maximum Gasteiger partial charge on any atom is 0.123 e. The van der Waals surface area contributed by atoms with Gasteiger partial charge >= 0.3 is 0 Å². The summed E-state index contributed by atoms with van der Waals surface area (Å²) in [6.45, 7) is 4.60. The topological polar surface area (TPSA) is 35.2 Å². The van der Waals surface area contributed by atoms with Crippen molar-refractivity contribution in [1.29, 1.82) is 0 Å². The molecule has 0 atom stereocenters. The Balaban J connectivity index is 2.15. The van der Waals surface area contributed by atoms with Crippen LogP contribution in [-0.4, -0.2) is 4.99 Å². The minimum absolute atomic E-state index is 0.420. The van der Waals surface area contributed by atoms with Gasteiger partial charge in [-0.15, -0.1) is 0 Å². The van der Waals surface area contributed by atoms with E-state index in [0.717, 1.165) is 32.5 Å². The first kappa shape index (κ1) is 15.0. The molecule has 0 saturated carbocycles. The molecule has 0 saturated heterocycles. The number of benzene rings is 2. The summed E-state index contributed by atoms with van der Waals surface area (Å²) in [5.41, 5.74) is 9.89. The highest BCUT2D eigenvalue weighted by Crippen LogP contribution is 2.24. The van der Waals surface area contributed by atoms with Gasteiger partial charge in [0.25, 0.3) is 0 Å². The highest BCUT2D eigenvalue weighted by atomic mass is 79.9. The van der Waals surface area contributed by atoms with E-state index in [1.54, 1.807) is 0 Å². The molecule has 0 aliphatic heterocycles. The van der Waals surface area contributed by atoms with Crippen LogP contribution in [0, 0.1) is 13.8 Å². The average Bonchev–Trinajstić information content (AvgIpc) is 2.40. The Bertz CT molecular complexity index is 655. The average molecular weight is 350 g/mol. The van der Waals surface area contributed by atoms with E-state index in [4.69, 9.17) is 22.7 Å². The molecule has 2 aromatic carbocycles. The fourth-order valence-corrected chi connectivity index (χ4v) is 2.36. The van der Waals surface area contributed by atoms with Crippen molar-refractivity contribution < 1.29 is 4.74 Å². The number of halogens is 1. The minimum atomic E-state index is 0.420. The van der Waals surface area contributed by atoms with Gasteiger partial charge in [-0.05, 0) is 48.7 Å². The van der Waals surface area contributed by atoms with Gasteiger partial charge in [0, 0.05) is 10.0 Å². The predicted molar refractivity (Wildman–Crippen MR) is 90.3 cm³/mol. The van der Waals surface area contributed by atoms with Crippen LogP contribution in [0.2, 0.25) is 0 Å². The molecule has 0 amide bonds. The van der Waals surface area contributed by atoms with Crippen molar-refractivity contribution >= 4 is 33.1 Å². The summed E-state index contributed by atoms with van der Waals surface area (Å²) >= 11 is 8.43. The molecule has 0 radical (unpaired) electrons. The lowest BCUT2D eigenvalue weighted by molar-refractivity contribution is 0.303. The van der Waals surface area contributed by atoms with Gasteiger partial charge in [-0.2, -0.15) is 0 Å². The zero-order valence-electron chi connectivity index (χ0n) is 11.4. The van der Waals surface area contributed by atoms with Crippen molar-refractivity contribution in [3.05, 3.63) is 63.1 Å². The van der Waals surface area contributed by atoms with Crippen LogP contribution < -0.4 is 10.5 Å². The van der Waals surface area contributed by atoms with E-state index in [1.807, 2.05) is 50.2 Å². The van der Waals surface area contributed by atoms with Crippen LogP contribution in [0.25, 0.3) is 0 Å². The van der Waals surface area contributed by atoms with E-state index in [0.29, 0.717) is 11.6 Å². The van der Waals surface area contributed by atoms with Gasteiger partial charge < -0.3 is 10.5 Å². The molecule has 4 heteroatoms. The van der Waals surface area contributed by atoms with E-state index >= 15 is 0 Å². The quantitative estimate of drug-likeness (QED) is 0.836. The first-order valence-electron chi connectivity index (χ1n) is 6.25. The molecule has 2 rings (SSSR count). The third-order valence-electron chi connectivity index (χ3n) is 3.16. The second kappa shape index (κ2) is 6.37. The number of rotatable bonds is 4. The van der Waals surface area contributed by atoms with Crippen molar-refractivity contribution in [2.24, 2.45) is 5.73 Å². The molecular weight excluding hydrogens is 334 g/mol. The van der Waals surface area contributed by atoms with Crippen LogP contribution in [-0.2, 0) is 6.61 Å². The lowest BCUT2D eigenvalue weighted by Crippen LogP contribution is -2.10. The van der Waals surface area contributed by atoms with E-state index in [1.165, 1.54) is 0 Å². The first-order valence-corrected chi connectivity index (χ1v) is 7.46. The lowest BCUT2D eigenvalue weighted by Gasteiger charge is -2.12. The summed E-state index contributed by atoms with van der Waals surface area (Å²) in [7, 11) is 0. The van der Waals surface area contributed by atoms with Crippen LogP contribution in [0.5, 0.6) is 5.75 Å². The Kier molecular flexibility index (Phi) is 4.78. The lowest BCUT2D eigenvalue weighted by atomic mass is 10.1. The summed E-state index contributed by atoms with van der Waals surface area (Å²) in [5, 5.41) is 0. The third-order valence-corrected chi connectivity index (χ3v) is 3.89. The minimum Gasteiger partial charge on any atom is -0.489 e. The molecule has 0 unspecified atom stereocenters. The SMILES string of the molecule is Cc1cc(C(N)=S)ccc1COc1cc(Br)ccc1C. The normalized spacial score (nSPS) is 10.3. The molecule has 2 nitrogen and oxygen atoms in total. The van der Waals surface area contributed by atoms with E-state index in [2.05, 4.69) is 15.9 Å². The zero-order chi connectivity index (χ0) is 14.7. The van der Waals surface area contributed by atoms with E-state index < -0.39 is 0 Å². The molecule has 0 fully saturated rings. The number of hydrogen-bond acceptors (Lipinski definition) is 2. The summed E-state index contributed by atoms with van der Waals surface area (Å²) < 4.78 is 6.90. The Labute approximate surface area is 133 Å². The van der Waals surface area contributed by atoms with E-state index in [-0.39, 0.29) is 0 Å². The number of ether oxygens (including phenoxy) is 1. The Morgan fingerprint density at radius 2 is 1.90 bits per heavy atom. The Hall–Kier alpha value is -1.39. The number of hydrogen-bond donors (Lipinski definition) is 1. The first-order chi connectivity index (χ1) is 9.47. The smallest absolute Gasteiger partial charge is 0.123 e. The van der Waals surface area contributed by atoms with Gasteiger partial charge in [0.15, 0.2) is 0 Å². The van der Waals surface area contributed by atoms with Gasteiger partial charge in [-0.25, -0.2) is 0 Å². The van der Waals surface area contributed by atoms with Crippen LogP contribution in [0.1, 0.15) is 22.3 Å². The fourth-order valence-electron chi connectivity index (χ4n) is 1.90. The highest BCUT2D eigenvalue weighted by Gasteiger charge is 2.05. The Morgan fingerprint density at radius 3 is 2.55 bits per heavy atom. The summed E-state index contributed by atoms with van der Waals surface area (Å²) in [6.07, 6.45) is 0. The largest absolute Gasteiger partial charge is 0.489 e. The van der Waals surface area contributed by atoms with Crippen molar-refractivity contribution in [3.8, 4) is 5.75 Å². The standard InChI is InChI=1S/C16H16BrNOS/c1-10-3-6-14(17)8-15(10)19-9-13-5-4-12(16(18)20)7-11(13)2/h3-8H,9H2,1-2H3,(H2,18,20). The molecule has 0 aliphatic rings. The van der Waals surface area contributed by atoms with Gasteiger partial charge in [-0.1, -0.05) is 46.3 Å². The third kappa shape index (κ3) is 3.58. The summed E-state index contributed by atoms with van der Waals surface area (Å²) in [5.74, 6) is 0.886. The van der Waals surface area contributed by atoms with Crippen molar-refractivity contribution in [2.45, 2.75) is 20.5 Å². The molecule has 2 N–H and O–H groups in total. The molecular formula is C16H16BrNOS. The highest BCUT2D eigenvalue weighted by molar-refractivity contribution is 9.10.